The molecule has 0 radical (unpaired) electrons. The molecule has 0 bridgehead atoms. The lowest BCUT2D eigenvalue weighted by atomic mass is 10.00. The van der Waals surface area contributed by atoms with Crippen molar-refractivity contribution in [3.63, 3.8) is 0 Å². The predicted molar refractivity (Wildman–Crippen MR) is 118 cm³/mol. The Morgan fingerprint density at radius 3 is 2.35 bits per heavy atom. The molecule has 168 valence electrons. The second-order valence-electron chi connectivity index (χ2n) is 8.74. The molecule has 0 saturated carbocycles. The Bertz CT molecular complexity index is 891. The van der Waals surface area contributed by atoms with E-state index in [4.69, 9.17) is 4.74 Å². The molecular weight excluding hydrogens is 398 g/mol. The second-order valence-corrected chi connectivity index (χ2v) is 8.74. The van der Waals surface area contributed by atoms with Gasteiger partial charge in [-0.05, 0) is 94.7 Å². The summed E-state index contributed by atoms with van der Waals surface area (Å²) >= 11 is 0. The van der Waals surface area contributed by atoms with Crippen molar-refractivity contribution >= 4 is 5.91 Å². The van der Waals surface area contributed by atoms with Gasteiger partial charge in [0.05, 0.1) is 12.5 Å². The van der Waals surface area contributed by atoms with Crippen LogP contribution in [0.2, 0.25) is 0 Å². The Labute approximate surface area is 183 Å². The first-order valence-corrected chi connectivity index (χ1v) is 10.9. The summed E-state index contributed by atoms with van der Waals surface area (Å²) in [5.41, 5.74) is 2.20. The molecule has 0 aliphatic carbocycles. The number of ether oxygens (including phenoxy) is 1. The normalized spacial score (nSPS) is 15.3. The number of benzene rings is 2. The Hall–Kier alpha value is -2.47. The highest BCUT2D eigenvalue weighted by Crippen LogP contribution is 2.23. The maximum Gasteiger partial charge on any atom is 0.227 e. The molecule has 2 aromatic carbocycles. The molecule has 1 fully saturated rings. The van der Waals surface area contributed by atoms with Gasteiger partial charge in [-0.3, -0.25) is 4.79 Å². The lowest BCUT2D eigenvalue weighted by molar-refractivity contribution is -0.134. The number of rotatable bonds is 7. The number of halogens is 2. The average Bonchev–Trinajstić information content (AvgIpc) is 2.71. The Balaban J connectivity index is 1.78. The van der Waals surface area contributed by atoms with E-state index in [0.29, 0.717) is 11.1 Å². The van der Waals surface area contributed by atoms with Crippen molar-refractivity contribution in [3.8, 4) is 5.75 Å². The largest absolute Gasteiger partial charge is 0.491 e. The zero-order valence-corrected chi connectivity index (χ0v) is 18.8. The number of amides is 1. The molecule has 1 aliphatic rings. The van der Waals surface area contributed by atoms with E-state index in [0.717, 1.165) is 37.2 Å². The van der Waals surface area contributed by atoms with Crippen LogP contribution in [0.3, 0.4) is 0 Å². The number of likely N-dealkylation sites (tertiary alicyclic amines) is 1. The molecular formula is C25H32F2N2O2. The van der Waals surface area contributed by atoms with E-state index in [2.05, 4.69) is 11.9 Å². The van der Waals surface area contributed by atoms with Crippen molar-refractivity contribution in [1.82, 2.24) is 9.80 Å². The number of carbonyl (C=O) groups is 1. The lowest BCUT2D eigenvalue weighted by Crippen LogP contribution is -2.46. The number of piperidine rings is 1. The molecule has 4 nitrogen and oxygen atoms in total. The summed E-state index contributed by atoms with van der Waals surface area (Å²) in [7, 11) is 2.07. The minimum Gasteiger partial charge on any atom is -0.491 e. The van der Waals surface area contributed by atoms with Crippen LogP contribution in [0.1, 0.15) is 43.4 Å². The van der Waals surface area contributed by atoms with Gasteiger partial charge < -0.3 is 14.5 Å². The number of hydrogen-bond donors (Lipinski definition) is 0. The molecule has 31 heavy (non-hydrogen) atoms. The Morgan fingerprint density at radius 2 is 1.74 bits per heavy atom. The molecule has 3 rings (SSSR count). The van der Waals surface area contributed by atoms with Crippen LogP contribution in [0.25, 0.3) is 0 Å². The summed E-state index contributed by atoms with van der Waals surface area (Å²) in [5, 5.41) is 0. The molecule has 0 N–H and O–H groups in total. The fourth-order valence-corrected chi connectivity index (χ4v) is 4.00. The van der Waals surface area contributed by atoms with Gasteiger partial charge in [0.25, 0.3) is 0 Å². The minimum absolute atomic E-state index is 0.00351. The summed E-state index contributed by atoms with van der Waals surface area (Å²) in [6.07, 6.45) is 2.08. The summed E-state index contributed by atoms with van der Waals surface area (Å²) in [6, 6.07) is 10.1. The van der Waals surface area contributed by atoms with Crippen LogP contribution in [-0.4, -0.2) is 48.0 Å². The van der Waals surface area contributed by atoms with Crippen molar-refractivity contribution in [3.05, 3.63) is 64.7 Å². The Morgan fingerprint density at radius 1 is 1.13 bits per heavy atom. The van der Waals surface area contributed by atoms with Crippen molar-refractivity contribution < 1.29 is 18.3 Å². The highest BCUT2D eigenvalue weighted by atomic mass is 19.2. The summed E-state index contributed by atoms with van der Waals surface area (Å²) < 4.78 is 33.1. The zero-order valence-electron chi connectivity index (χ0n) is 18.8. The molecule has 1 heterocycles. The quantitative estimate of drug-likeness (QED) is 0.637. The summed E-state index contributed by atoms with van der Waals surface area (Å²) in [4.78, 5) is 17.4. The van der Waals surface area contributed by atoms with E-state index in [9.17, 15) is 13.6 Å². The van der Waals surface area contributed by atoms with Crippen molar-refractivity contribution in [2.75, 3.05) is 20.1 Å². The molecule has 2 aromatic rings. The van der Waals surface area contributed by atoms with E-state index in [1.807, 2.05) is 43.0 Å². The van der Waals surface area contributed by atoms with Crippen molar-refractivity contribution in [2.45, 2.75) is 58.7 Å². The van der Waals surface area contributed by atoms with Gasteiger partial charge in [-0.15, -0.1) is 0 Å². The minimum atomic E-state index is -0.878. The second kappa shape index (κ2) is 10.2. The third-order valence-corrected chi connectivity index (χ3v) is 5.82. The lowest BCUT2D eigenvalue weighted by Gasteiger charge is -2.38. The highest BCUT2D eigenvalue weighted by molar-refractivity contribution is 5.79. The monoisotopic (exact) mass is 430 g/mol. The van der Waals surface area contributed by atoms with Gasteiger partial charge in [0.1, 0.15) is 5.75 Å². The number of carbonyl (C=O) groups excluding carboxylic acids is 1. The van der Waals surface area contributed by atoms with Gasteiger partial charge in [-0.1, -0.05) is 12.1 Å². The standard InChI is InChI=1S/C25H32F2N2O2/c1-17(2)31-22-7-5-19(6-8-22)14-25(30)29(21-9-11-28(4)12-10-21)16-20-15-24(27)23(26)13-18(20)3/h5-8,13,15,17,21H,9-12,14,16H2,1-4H3. The van der Waals surface area contributed by atoms with Gasteiger partial charge in [-0.2, -0.15) is 0 Å². The molecule has 0 spiro atoms. The van der Waals surface area contributed by atoms with E-state index >= 15 is 0 Å². The van der Waals surface area contributed by atoms with Gasteiger partial charge in [0.15, 0.2) is 11.6 Å². The van der Waals surface area contributed by atoms with E-state index in [-0.39, 0.29) is 31.0 Å². The van der Waals surface area contributed by atoms with Crippen LogP contribution in [-0.2, 0) is 17.8 Å². The van der Waals surface area contributed by atoms with Crippen LogP contribution in [0, 0.1) is 18.6 Å². The smallest absolute Gasteiger partial charge is 0.227 e. The van der Waals surface area contributed by atoms with Crippen LogP contribution in [0.15, 0.2) is 36.4 Å². The third-order valence-electron chi connectivity index (χ3n) is 5.82. The topological polar surface area (TPSA) is 32.8 Å². The number of nitrogens with zero attached hydrogens (tertiary/aromatic N) is 2. The fraction of sp³-hybridized carbons (Fsp3) is 0.480. The van der Waals surface area contributed by atoms with Gasteiger partial charge in [0.2, 0.25) is 5.91 Å². The van der Waals surface area contributed by atoms with E-state index in [1.54, 1.807) is 6.92 Å². The van der Waals surface area contributed by atoms with Crippen LogP contribution < -0.4 is 4.74 Å². The SMILES string of the molecule is Cc1cc(F)c(F)cc1CN(C(=O)Cc1ccc(OC(C)C)cc1)C1CCN(C)CC1. The summed E-state index contributed by atoms with van der Waals surface area (Å²) in [6.45, 7) is 7.79. The third kappa shape index (κ3) is 6.26. The van der Waals surface area contributed by atoms with Gasteiger partial charge in [0, 0.05) is 12.6 Å². The molecule has 0 aromatic heterocycles. The molecule has 6 heteroatoms. The molecule has 1 amide bonds. The van der Waals surface area contributed by atoms with E-state index in [1.165, 1.54) is 12.1 Å². The Kier molecular flexibility index (Phi) is 7.65. The molecule has 1 saturated heterocycles. The predicted octanol–water partition coefficient (Wildman–Crippen LogP) is 4.73. The zero-order chi connectivity index (χ0) is 22.5. The van der Waals surface area contributed by atoms with Gasteiger partial charge >= 0.3 is 0 Å². The molecule has 1 aliphatic heterocycles. The first kappa shape index (κ1) is 23.2. The average molecular weight is 431 g/mol. The summed E-state index contributed by atoms with van der Waals surface area (Å²) in [5.74, 6) is -0.966. The van der Waals surface area contributed by atoms with Crippen molar-refractivity contribution in [2.24, 2.45) is 0 Å². The van der Waals surface area contributed by atoms with Crippen LogP contribution in [0.5, 0.6) is 5.75 Å². The molecule has 0 atom stereocenters. The van der Waals surface area contributed by atoms with Crippen molar-refractivity contribution in [1.29, 1.82) is 0 Å². The first-order valence-electron chi connectivity index (χ1n) is 10.9. The maximum absolute atomic E-state index is 13.9. The number of hydrogen-bond acceptors (Lipinski definition) is 3. The van der Waals surface area contributed by atoms with Gasteiger partial charge in [-0.25, -0.2) is 8.78 Å². The number of aryl methyl sites for hydroxylation is 1. The van der Waals surface area contributed by atoms with E-state index < -0.39 is 11.6 Å². The van der Waals surface area contributed by atoms with Crippen LogP contribution >= 0.6 is 0 Å². The van der Waals surface area contributed by atoms with Crippen LogP contribution in [0.4, 0.5) is 8.78 Å². The fourth-order valence-electron chi connectivity index (χ4n) is 4.00. The first-order chi connectivity index (χ1) is 14.7. The molecule has 0 unspecified atom stereocenters. The maximum atomic E-state index is 13.9. The highest BCUT2D eigenvalue weighted by Gasteiger charge is 2.28.